The van der Waals surface area contributed by atoms with Crippen LogP contribution in [0.15, 0.2) is 29.1 Å². The summed E-state index contributed by atoms with van der Waals surface area (Å²) in [7, 11) is 0. The number of hydrogen-bond acceptors (Lipinski definition) is 3. The smallest absolute Gasteiger partial charge is 0.186 e. The molecule has 0 bridgehead atoms. The Hall–Kier alpha value is -1.55. The zero-order chi connectivity index (χ0) is 11.5. The highest BCUT2D eigenvalue weighted by Gasteiger charge is 2.10. The Balaban J connectivity index is 2.18. The topological polar surface area (TPSA) is 30.0 Å². The van der Waals surface area contributed by atoms with Crippen molar-refractivity contribution in [3.8, 4) is 0 Å². The molecule has 0 unspecified atom stereocenters. The molecule has 0 radical (unpaired) electrons. The largest absolute Gasteiger partial charge is 0.292 e. The lowest BCUT2D eigenvalue weighted by atomic mass is 10.0. The van der Waals surface area contributed by atoms with Crippen LogP contribution in [0.4, 0.5) is 4.39 Å². The molecule has 2 aromatic rings. The van der Waals surface area contributed by atoms with Crippen LogP contribution < -0.4 is 0 Å². The number of carbonyl (C=O) groups excluding carboxylic acids is 1. The van der Waals surface area contributed by atoms with Crippen LogP contribution in [0.1, 0.15) is 21.6 Å². The number of aromatic nitrogens is 1. The Morgan fingerprint density at radius 3 is 2.94 bits per heavy atom. The summed E-state index contributed by atoms with van der Waals surface area (Å²) < 4.78 is 12.9. The standard InChI is InChI=1S/C12H10FNOS/c1-8-4-10(13)3-2-9(8)5-12(15)11-6-16-7-14-11/h2-4,6-7H,5H2,1H3. The van der Waals surface area contributed by atoms with Crippen LogP contribution in [0.5, 0.6) is 0 Å². The molecule has 4 heteroatoms. The highest BCUT2D eigenvalue weighted by atomic mass is 32.1. The first kappa shape index (κ1) is 11.0. The molecular weight excluding hydrogens is 225 g/mol. The van der Waals surface area contributed by atoms with Crippen LogP contribution in [0.3, 0.4) is 0 Å². The van der Waals surface area contributed by atoms with Crippen LogP contribution in [0.25, 0.3) is 0 Å². The van der Waals surface area contributed by atoms with E-state index in [0.29, 0.717) is 5.69 Å². The van der Waals surface area contributed by atoms with Gasteiger partial charge in [0.2, 0.25) is 0 Å². The summed E-state index contributed by atoms with van der Waals surface area (Å²) in [6, 6.07) is 4.45. The Morgan fingerprint density at radius 1 is 1.50 bits per heavy atom. The molecule has 0 amide bonds. The Morgan fingerprint density at radius 2 is 2.31 bits per heavy atom. The quantitative estimate of drug-likeness (QED) is 0.765. The minimum absolute atomic E-state index is 0.0315. The fourth-order valence-corrected chi connectivity index (χ4v) is 2.03. The van der Waals surface area contributed by atoms with Gasteiger partial charge in [0.1, 0.15) is 11.5 Å². The first-order valence-electron chi connectivity index (χ1n) is 4.83. The first-order chi connectivity index (χ1) is 7.66. The summed E-state index contributed by atoms with van der Waals surface area (Å²) in [5, 5.41) is 1.72. The van der Waals surface area contributed by atoms with Crippen molar-refractivity contribution in [1.82, 2.24) is 4.98 Å². The number of benzene rings is 1. The number of halogens is 1. The summed E-state index contributed by atoms with van der Waals surface area (Å²) >= 11 is 1.39. The van der Waals surface area contributed by atoms with Gasteiger partial charge < -0.3 is 0 Å². The molecule has 0 N–H and O–H groups in total. The lowest BCUT2D eigenvalue weighted by Gasteiger charge is -2.03. The number of ketones is 1. The number of thiazole rings is 1. The van der Waals surface area contributed by atoms with Gasteiger partial charge in [0.25, 0.3) is 0 Å². The van der Waals surface area contributed by atoms with E-state index < -0.39 is 0 Å². The molecule has 0 aliphatic carbocycles. The van der Waals surface area contributed by atoms with E-state index in [9.17, 15) is 9.18 Å². The summed E-state index contributed by atoms with van der Waals surface area (Å²) in [5.41, 5.74) is 3.75. The molecule has 0 aliphatic heterocycles. The maximum Gasteiger partial charge on any atom is 0.186 e. The lowest BCUT2D eigenvalue weighted by Crippen LogP contribution is -2.05. The van der Waals surface area contributed by atoms with Crippen LogP contribution >= 0.6 is 11.3 Å². The second-order valence-corrected chi connectivity index (χ2v) is 4.26. The van der Waals surface area contributed by atoms with Crippen LogP contribution in [-0.4, -0.2) is 10.8 Å². The second kappa shape index (κ2) is 4.53. The average Bonchev–Trinajstić information content (AvgIpc) is 2.75. The number of carbonyl (C=O) groups is 1. The molecule has 0 fully saturated rings. The average molecular weight is 235 g/mol. The minimum atomic E-state index is -0.276. The first-order valence-corrected chi connectivity index (χ1v) is 5.77. The monoisotopic (exact) mass is 235 g/mol. The van der Waals surface area contributed by atoms with E-state index in [0.717, 1.165) is 11.1 Å². The van der Waals surface area contributed by atoms with Crippen molar-refractivity contribution < 1.29 is 9.18 Å². The van der Waals surface area contributed by atoms with Gasteiger partial charge in [-0.25, -0.2) is 9.37 Å². The van der Waals surface area contributed by atoms with Crippen molar-refractivity contribution in [3.05, 3.63) is 51.7 Å². The summed E-state index contributed by atoms with van der Waals surface area (Å²) in [4.78, 5) is 15.7. The fraction of sp³-hybridized carbons (Fsp3) is 0.167. The number of aryl methyl sites for hydroxylation is 1. The third kappa shape index (κ3) is 2.33. The second-order valence-electron chi connectivity index (χ2n) is 3.54. The summed E-state index contributed by atoms with van der Waals surface area (Å²) in [5.74, 6) is -0.307. The van der Waals surface area contributed by atoms with Gasteiger partial charge in [-0.3, -0.25) is 4.79 Å². The van der Waals surface area contributed by atoms with Gasteiger partial charge in [0.05, 0.1) is 5.51 Å². The van der Waals surface area contributed by atoms with Crippen molar-refractivity contribution in [3.63, 3.8) is 0 Å². The molecular formula is C12H10FNOS. The SMILES string of the molecule is Cc1cc(F)ccc1CC(=O)c1cscn1. The highest BCUT2D eigenvalue weighted by molar-refractivity contribution is 7.07. The number of nitrogens with zero attached hydrogens (tertiary/aromatic N) is 1. The van der Waals surface area contributed by atoms with E-state index in [1.807, 2.05) is 0 Å². The van der Waals surface area contributed by atoms with Gasteiger partial charge in [-0.1, -0.05) is 6.07 Å². The molecule has 2 rings (SSSR count). The van der Waals surface area contributed by atoms with Crippen molar-refractivity contribution >= 4 is 17.1 Å². The van der Waals surface area contributed by atoms with Gasteiger partial charge in [0, 0.05) is 11.8 Å². The van der Waals surface area contributed by atoms with Crippen molar-refractivity contribution in [2.24, 2.45) is 0 Å². The van der Waals surface area contributed by atoms with Crippen molar-refractivity contribution in [2.45, 2.75) is 13.3 Å². The van der Waals surface area contributed by atoms with Crippen molar-refractivity contribution in [2.75, 3.05) is 0 Å². The van der Waals surface area contributed by atoms with Gasteiger partial charge in [-0.05, 0) is 30.2 Å². The Bertz CT molecular complexity index is 508. The van der Waals surface area contributed by atoms with Crippen LogP contribution in [0.2, 0.25) is 0 Å². The van der Waals surface area contributed by atoms with E-state index in [-0.39, 0.29) is 18.0 Å². The zero-order valence-corrected chi connectivity index (χ0v) is 9.55. The highest BCUT2D eigenvalue weighted by Crippen LogP contribution is 2.13. The predicted molar refractivity (Wildman–Crippen MR) is 61.3 cm³/mol. The summed E-state index contributed by atoms with van der Waals surface area (Å²) in [6.45, 7) is 1.80. The lowest BCUT2D eigenvalue weighted by molar-refractivity contribution is 0.0988. The molecule has 0 aliphatic rings. The summed E-state index contributed by atoms with van der Waals surface area (Å²) in [6.07, 6.45) is 0.274. The molecule has 0 spiro atoms. The molecule has 1 aromatic heterocycles. The fourth-order valence-electron chi connectivity index (χ4n) is 1.47. The number of Topliss-reactive ketones (excluding diaryl/α,β-unsaturated/α-hetero) is 1. The molecule has 16 heavy (non-hydrogen) atoms. The zero-order valence-electron chi connectivity index (χ0n) is 8.74. The third-order valence-electron chi connectivity index (χ3n) is 2.37. The third-order valence-corrected chi connectivity index (χ3v) is 2.96. The minimum Gasteiger partial charge on any atom is -0.292 e. The number of hydrogen-bond donors (Lipinski definition) is 0. The maximum atomic E-state index is 12.9. The van der Waals surface area contributed by atoms with E-state index >= 15 is 0 Å². The Labute approximate surface area is 96.8 Å². The van der Waals surface area contributed by atoms with Crippen LogP contribution in [0, 0.1) is 12.7 Å². The van der Waals surface area contributed by atoms with E-state index in [2.05, 4.69) is 4.98 Å². The van der Waals surface area contributed by atoms with Gasteiger partial charge >= 0.3 is 0 Å². The molecule has 0 atom stereocenters. The molecule has 0 saturated carbocycles. The Kier molecular flexibility index (Phi) is 3.10. The molecule has 82 valence electrons. The van der Waals surface area contributed by atoms with Crippen LogP contribution in [-0.2, 0) is 6.42 Å². The van der Waals surface area contributed by atoms with Gasteiger partial charge in [-0.15, -0.1) is 11.3 Å². The predicted octanol–water partition coefficient (Wildman–Crippen LogP) is 3.02. The van der Waals surface area contributed by atoms with E-state index in [1.54, 1.807) is 23.9 Å². The van der Waals surface area contributed by atoms with E-state index in [1.165, 1.54) is 23.5 Å². The molecule has 1 aromatic carbocycles. The molecule has 1 heterocycles. The molecule has 2 nitrogen and oxygen atoms in total. The van der Waals surface area contributed by atoms with Crippen molar-refractivity contribution in [1.29, 1.82) is 0 Å². The molecule has 0 saturated heterocycles. The maximum absolute atomic E-state index is 12.9. The van der Waals surface area contributed by atoms with Gasteiger partial charge in [-0.2, -0.15) is 0 Å². The van der Waals surface area contributed by atoms with Gasteiger partial charge in [0.15, 0.2) is 5.78 Å². The number of rotatable bonds is 3. The van der Waals surface area contributed by atoms with E-state index in [4.69, 9.17) is 0 Å². The normalized spacial score (nSPS) is 10.4.